The van der Waals surface area contributed by atoms with Gasteiger partial charge in [-0.3, -0.25) is 0 Å². The SMILES string of the molecule is CCCN1Sc2cnc(Nc3ccc(N4CCN(C)CC4)cc3)nc2-c2ccc(-n3cccc3)cc21. The number of benzene rings is 2. The van der Waals surface area contributed by atoms with Gasteiger partial charge in [0.15, 0.2) is 0 Å². The maximum absolute atomic E-state index is 4.97. The molecule has 2 aliphatic rings. The van der Waals surface area contributed by atoms with E-state index in [-0.39, 0.29) is 0 Å². The van der Waals surface area contributed by atoms with Crippen LogP contribution in [0.3, 0.4) is 0 Å². The van der Waals surface area contributed by atoms with Gasteiger partial charge in [0.2, 0.25) is 5.95 Å². The van der Waals surface area contributed by atoms with Crippen LogP contribution < -0.4 is 14.5 Å². The molecule has 2 aliphatic heterocycles. The lowest BCUT2D eigenvalue weighted by Crippen LogP contribution is -2.44. The van der Waals surface area contributed by atoms with E-state index >= 15 is 0 Å². The molecule has 4 aromatic rings. The monoisotopic (exact) mass is 497 g/mol. The molecule has 0 amide bonds. The van der Waals surface area contributed by atoms with E-state index in [1.54, 1.807) is 11.9 Å². The first kappa shape index (κ1) is 22.9. The van der Waals surface area contributed by atoms with Gasteiger partial charge in [0.25, 0.3) is 0 Å². The standard InChI is InChI=1S/C28H31N7S/c1-3-12-35-25-19-23(33-13-4-5-14-33)10-11-24(25)27-26(36-35)20-29-28(31-27)30-21-6-8-22(9-7-21)34-17-15-32(2)16-18-34/h4-11,13-14,19-20H,3,12,15-18H2,1-2H3,(H,29,30,31). The second-order valence-corrected chi connectivity index (χ2v) is 10.4. The summed E-state index contributed by atoms with van der Waals surface area (Å²) in [5.41, 5.74) is 6.72. The molecule has 2 aromatic carbocycles. The number of rotatable bonds is 6. The fraction of sp³-hybridized carbons (Fsp3) is 0.286. The third kappa shape index (κ3) is 4.54. The van der Waals surface area contributed by atoms with Crippen molar-refractivity contribution in [2.45, 2.75) is 18.2 Å². The van der Waals surface area contributed by atoms with E-state index in [0.717, 1.165) is 66.7 Å². The van der Waals surface area contributed by atoms with Crippen molar-refractivity contribution in [3.8, 4) is 16.9 Å². The molecule has 184 valence electrons. The molecule has 0 saturated carbocycles. The topological polar surface area (TPSA) is 52.5 Å². The lowest BCUT2D eigenvalue weighted by molar-refractivity contribution is 0.313. The second-order valence-electron chi connectivity index (χ2n) is 9.35. The third-order valence-corrected chi connectivity index (χ3v) is 7.89. The van der Waals surface area contributed by atoms with Gasteiger partial charge in [-0.2, -0.15) is 0 Å². The molecule has 1 fully saturated rings. The summed E-state index contributed by atoms with van der Waals surface area (Å²) >= 11 is 1.73. The number of fused-ring (bicyclic) bond motifs is 3. The third-order valence-electron chi connectivity index (χ3n) is 6.79. The summed E-state index contributed by atoms with van der Waals surface area (Å²) in [7, 11) is 2.18. The molecule has 7 nitrogen and oxygen atoms in total. The molecular formula is C28H31N7S. The Kier molecular flexibility index (Phi) is 6.29. The first-order valence-corrected chi connectivity index (χ1v) is 13.4. The Morgan fingerprint density at radius 2 is 1.69 bits per heavy atom. The molecule has 1 saturated heterocycles. The van der Waals surface area contributed by atoms with Crippen LogP contribution in [0.25, 0.3) is 16.9 Å². The zero-order chi connectivity index (χ0) is 24.5. The molecule has 0 aliphatic carbocycles. The fourth-order valence-corrected chi connectivity index (χ4v) is 5.87. The highest BCUT2D eigenvalue weighted by Gasteiger charge is 2.25. The van der Waals surface area contributed by atoms with Crippen LogP contribution in [0.15, 0.2) is 78.1 Å². The number of hydrogen-bond acceptors (Lipinski definition) is 7. The normalized spacial score (nSPS) is 15.5. The molecule has 2 aromatic heterocycles. The van der Waals surface area contributed by atoms with Crippen molar-refractivity contribution < 1.29 is 0 Å². The zero-order valence-electron chi connectivity index (χ0n) is 20.8. The number of hydrogen-bond donors (Lipinski definition) is 1. The number of anilines is 4. The number of likely N-dealkylation sites (N-methyl/N-ethyl adjacent to an activating group) is 1. The molecule has 1 N–H and O–H groups in total. The number of nitrogens with zero attached hydrogens (tertiary/aromatic N) is 6. The maximum Gasteiger partial charge on any atom is 0.227 e. The van der Waals surface area contributed by atoms with Crippen LogP contribution >= 0.6 is 11.9 Å². The van der Waals surface area contributed by atoms with Crippen molar-refractivity contribution in [2.75, 3.05) is 54.3 Å². The largest absolute Gasteiger partial charge is 0.369 e. The number of nitrogens with one attached hydrogen (secondary N) is 1. The van der Waals surface area contributed by atoms with Gasteiger partial charge in [0, 0.05) is 73.9 Å². The highest BCUT2D eigenvalue weighted by Crippen LogP contribution is 2.46. The van der Waals surface area contributed by atoms with Crippen molar-refractivity contribution in [3.63, 3.8) is 0 Å². The first-order valence-electron chi connectivity index (χ1n) is 12.6. The molecule has 8 heteroatoms. The van der Waals surface area contributed by atoms with Gasteiger partial charge in [-0.05, 0) is 80.0 Å². The van der Waals surface area contributed by atoms with E-state index in [9.17, 15) is 0 Å². The molecule has 0 radical (unpaired) electrons. The van der Waals surface area contributed by atoms with E-state index in [1.165, 1.54) is 11.4 Å². The quantitative estimate of drug-likeness (QED) is 0.345. The van der Waals surface area contributed by atoms with Gasteiger partial charge in [0.1, 0.15) is 0 Å². The molecule has 0 atom stereocenters. The summed E-state index contributed by atoms with van der Waals surface area (Å²) in [6.07, 6.45) is 7.17. The molecule has 6 rings (SSSR count). The van der Waals surface area contributed by atoms with Gasteiger partial charge in [-0.25, -0.2) is 9.97 Å². The average molecular weight is 498 g/mol. The molecule has 0 unspecified atom stereocenters. The van der Waals surface area contributed by atoms with Gasteiger partial charge < -0.3 is 24.0 Å². The predicted molar refractivity (Wildman–Crippen MR) is 150 cm³/mol. The molecule has 36 heavy (non-hydrogen) atoms. The molecule has 0 spiro atoms. The van der Waals surface area contributed by atoms with Gasteiger partial charge in [-0.15, -0.1) is 0 Å². The summed E-state index contributed by atoms with van der Waals surface area (Å²) in [5.74, 6) is 0.617. The van der Waals surface area contributed by atoms with Crippen molar-refractivity contribution in [1.82, 2.24) is 19.4 Å². The zero-order valence-corrected chi connectivity index (χ0v) is 21.6. The fourth-order valence-electron chi connectivity index (χ4n) is 4.77. The lowest BCUT2D eigenvalue weighted by Gasteiger charge is -2.34. The van der Waals surface area contributed by atoms with Crippen LogP contribution in [0.4, 0.5) is 23.0 Å². The minimum absolute atomic E-state index is 0.617. The minimum Gasteiger partial charge on any atom is -0.369 e. The Hall–Kier alpha value is -3.49. The lowest BCUT2D eigenvalue weighted by atomic mass is 10.1. The van der Waals surface area contributed by atoms with Crippen molar-refractivity contribution in [2.24, 2.45) is 0 Å². The predicted octanol–water partition coefficient (Wildman–Crippen LogP) is 5.67. The Morgan fingerprint density at radius 3 is 2.44 bits per heavy atom. The summed E-state index contributed by atoms with van der Waals surface area (Å²) in [6, 6.07) is 19.3. The Morgan fingerprint density at radius 1 is 0.944 bits per heavy atom. The minimum atomic E-state index is 0.617. The number of piperazine rings is 1. The van der Waals surface area contributed by atoms with Crippen LogP contribution in [0.5, 0.6) is 0 Å². The van der Waals surface area contributed by atoms with Crippen molar-refractivity contribution >= 4 is 35.0 Å². The maximum atomic E-state index is 4.97. The molecule has 0 bridgehead atoms. The van der Waals surface area contributed by atoms with Crippen molar-refractivity contribution in [1.29, 1.82) is 0 Å². The number of aromatic nitrogens is 3. The summed E-state index contributed by atoms with van der Waals surface area (Å²) < 4.78 is 4.50. The Balaban J connectivity index is 1.26. The summed E-state index contributed by atoms with van der Waals surface area (Å²) in [5, 5.41) is 3.42. The highest BCUT2D eigenvalue weighted by molar-refractivity contribution is 8.00. The van der Waals surface area contributed by atoms with Crippen LogP contribution in [-0.4, -0.2) is 59.2 Å². The van der Waals surface area contributed by atoms with Crippen molar-refractivity contribution in [3.05, 3.63) is 73.2 Å². The van der Waals surface area contributed by atoms with Crippen LogP contribution in [0.2, 0.25) is 0 Å². The van der Waals surface area contributed by atoms with Gasteiger partial charge in [-0.1, -0.05) is 6.92 Å². The van der Waals surface area contributed by atoms with E-state index in [0.29, 0.717) is 5.95 Å². The van der Waals surface area contributed by atoms with E-state index in [4.69, 9.17) is 4.98 Å². The summed E-state index contributed by atoms with van der Waals surface area (Å²) in [4.78, 5) is 15.5. The average Bonchev–Trinajstić information content (AvgIpc) is 3.45. The second kappa shape index (κ2) is 9.87. The van der Waals surface area contributed by atoms with E-state index in [1.807, 2.05) is 6.20 Å². The van der Waals surface area contributed by atoms with E-state index in [2.05, 4.69) is 110 Å². The van der Waals surface area contributed by atoms with Gasteiger partial charge in [0.05, 0.1) is 16.3 Å². The molecular weight excluding hydrogens is 466 g/mol. The van der Waals surface area contributed by atoms with Crippen LogP contribution in [0.1, 0.15) is 13.3 Å². The summed E-state index contributed by atoms with van der Waals surface area (Å²) in [6.45, 7) is 7.51. The van der Waals surface area contributed by atoms with E-state index < -0.39 is 0 Å². The first-order chi connectivity index (χ1) is 17.7. The van der Waals surface area contributed by atoms with Crippen LogP contribution in [-0.2, 0) is 0 Å². The Bertz CT molecular complexity index is 1330. The van der Waals surface area contributed by atoms with Crippen LogP contribution in [0, 0.1) is 0 Å². The molecule has 4 heterocycles. The highest BCUT2D eigenvalue weighted by atomic mass is 32.2. The Labute approximate surface area is 216 Å². The van der Waals surface area contributed by atoms with Gasteiger partial charge >= 0.3 is 0 Å². The smallest absolute Gasteiger partial charge is 0.227 e.